The molecular weight excluding hydrogens is 398 g/mol. The van der Waals surface area contributed by atoms with E-state index in [1.54, 1.807) is 0 Å². The zero-order valence-corrected chi connectivity index (χ0v) is 18.6. The number of hydrogen-bond acceptors (Lipinski definition) is 3. The van der Waals surface area contributed by atoms with Crippen molar-refractivity contribution in [2.45, 2.75) is 88.7 Å². The summed E-state index contributed by atoms with van der Waals surface area (Å²) in [6.45, 7) is 2.78. The standard InChI is InChI=1S/C24H33NO4S/c1-22-9-8-19-18-6-4-17(21-3-2-14-25(21)30(27,28)29)15-16(18)5-7-20(19)23(22)10-12-24(22,26)13-11-23/h4,6,15,19-21,26H,2-3,5,7-14H2,1H3,(H,27,28,29)/t19-,20-,21?,22+,23-,24+/m1/s1. The maximum absolute atomic E-state index is 11.8. The Morgan fingerprint density at radius 3 is 2.57 bits per heavy atom. The number of fused-ring (bicyclic) bond motifs is 3. The van der Waals surface area contributed by atoms with Crippen LogP contribution in [0.5, 0.6) is 0 Å². The molecule has 5 aliphatic rings. The number of nitrogens with zero attached hydrogens (tertiary/aromatic N) is 1. The van der Waals surface area contributed by atoms with Crippen molar-refractivity contribution in [2.75, 3.05) is 6.54 Å². The number of aliphatic hydroxyl groups is 1. The highest BCUT2D eigenvalue weighted by Crippen LogP contribution is 2.77. The molecular formula is C24H33NO4S. The SMILES string of the molecule is C[C@]12CC[C@@H]3c4ccc(C5CCCN5S(=O)(=O)O)cc4CC[C@H]3[C@]13CC[C@]2(O)CC3. The van der Waals surface area contributed by atoms with Gasteiger partial charge in [0.05, 0.1) is 11.6 Å². The summed E-state index contributed by atoms with van der Waals surface area (Å²) >= 11 is 0. The molecule has 0 radical (unpaired) electrons. The first kappa shape index (κ1) is 19.7. The van der Waals surface area contributed by atoms with Crippen LogP contribution in [-0.4, -0.2) is 34.5 Å². The lowest BCUT2D eigenvalue weighted by atomic mass is 9.48. The fraction of sp³-hybridized carbons (Fsp3) is 0.750. The molecule has 4 atom stereocenters. The fourth-order valence-corrected chi connectivity index (χ4v) is 9.80. The molecule has 1 aromatic carbocycles. The second-order valence-electron chi connectivity index (χ2n) is 11.0. The van der Waals surface area contributed by atoms with Crippen molar-refractivity contribution < 1.29 is 18.1 Å². The van der Waals surface area contributed by atoms with Crippen molar-refractivity contribution in [2.24, 2.45) is 16.7 Å². The lowest BCUT2D eigenvalue weighted by molar-refractivity contribution is -0.101. The lowest BCUT2D eigenvalue weighted by Gasteiger charge is -2.56. The predicted octanol–water partition coefficient (Wildman–Crippen LogP) is 4.38. The Morgan fingerprint density at radius 1 is 1.07 bits per heavy atom. The molecule has 2 bridgehead atoms. The third-order valence-corrected chi connectivity index (χ3v) is 11.5. The molecule has 6 rings (SSSR count). The van der Waals surface area contributed by atoms with Gasteiger partial charge in [-0.1, -0.05) is 25.1 Å². The summed E-state index contributed by atoms with van der Waals surface area (Å²) in [6, 6.07) is 6.36. The number of aryl methyl sites for hydroxylation is 1. The molecule has 5 nitrogen and oxygen atoms in total. The number of rotatable bonds is 2. The first-order valence-electron chi connectivity index (χ1n) is 11.8. The van der Waals surface area contributed by atoms with Crippen molar-refractivity contribution in [1.82, 2.24) is 4.31 Å². The zero-order valence-electron chi connectivity index (χ0n) is 17.8. The second-order valence-corrected chi connectivity index (χ2v) is 12.4. The highest BCUT2D eigenvalue weighted by atomic mass is 32.2. The minimum Gasteiger partial charge on any atom is -0.389 e. The van der Waals surface area contributed by atoms with Gasteiger partial charge >= 0.3 is 10.3 Å². The summed E-state index contributed by atoms with van der Waals surface area (Å²) in [5.74, 6) is 1.23. The van der Waals surface area contributed by atoms with Crippen molar-refractivity contribution in [1.29, 1.82) is 0 Å². The van der Waals surface area contributed by atoms with Crippen molar-refractivity contribution >= 4 is 10.3 Å². The zero-order chi connectivity index (χ0) is 20.9. The highest BCUT2D eigenvalue weighted by Gasteiger charge is 2.73. The molecule has 6 heteroatoms. The van der Waals surface area contributed by atoms with E-state index in [0.717, 1.165) is 50.5 Å². The Labute approximate surface area is 179 Å². The Bertz CT molecular complexity index is 996. The summed E-state index contributed by atoms with van der Waals surface area (Å²) in [5.41, 5.74) is 3.81. The van der Waals surface area contributed by atoms with Crippen LogP contribution < -0.4 is 0 Å². The molecule has 0 amide bonds. The Hall–Kier alpha value is -0.950. The van der Waals surface area contributed by atoms with Crippen LogP contribution in [0.2, 0.25) is 0 Å². The monoisotopic (exact) mass is 431 g/mol. The van der Waals surface area contributed by atoms with E-state index in [1.807, 2.05) is 0 Å². The molecule has 0 spiro atoms. The van der Waals surface area contributed by atoms with E-state index in [0.29, 0.717) is 23.8 Å². The van der Waals surface area contributed by atoms with Crippen molar-refractivity contribution in [3.05, 3.63) is 34.9 Å². The van der Waals surface area contributed by atoms with Crippen LogP contribution in [0.3, 0.4) is 0 Å². The smallest absolute Gasteiger partial charge is 0.336 e. The van der Waals surface area contributed by atoms with E-state index in [-0.39, 0.29) is 11.5 Å². The van der Waals surface area contributed by atoms with Crippen LogP contribution in [0, 0.1) is 16.7 Å². The Balaban J connectivity index is 1.34. The molecule has 1 aliphatic heterocycles. The average Bonchev–Trinajstić information content (AvgIpc) is 3.35. The molecule has 4 fully saturated rings. The quantitative estimate of drug-likeness (QED) is 0.682. The summed E-state index contributed by atoms with van der Waals surface area (Å²) in [6.07, 6.45) is 10.4. The predicted molar refractivity (Wildman–Crippen MR) is 114 cm³/mol. The van der Waals surface area contributed by atoms with E-state index >= 15 is 0 Å². The first-order chi connectivity index (χ1) is 14.2. The average molecular weight is 432 g/mol. The number of hydrogen-bond donors (Lipinski definition) is 2. The molecule has 164 valence electrons. The normalized spacial score (nSPS) is 45.2. The molecule has 30 heavy (non-hydrogen) atoms. The topological polar surface area (TPSA) is 77.8 Å². The summed E-state index contributed by atoms with van der Waals surface area (Å²) in [4.78, 5) is 0. The van der Waals surface area contributed by atoms with Crippen LogP contribution in [0.15, 0.2) is 18.2 Å². The maximum Gasteiger partial charge on any atom is 0.336 e. The van der Waals surface area contributed by atoms with E-state index in [9.17, 15) is 18.1 Å². The van der Waals surface area contributed by atoms with Crippen LogP contribution in [0.4, 0.5) is 0 Å². The molecule has 1 aromatic rings. The lowest BCUT2D eigenvalue weighted by Crippen LogP contribution is -2.51. The summed E-state index contributed by atoms with van der Waals surface area (Å²) in [5, 5.41) is 11.4. The number of benzene rings is 1. The van der Waals surface area contributed by atoms with Gasteiger partial charge in [-0.25, -0.2) is 0 Å². The van der Waals surface area contributed by atoms with Gasteiger partial charge in [-0.2, -0.15) is 12.7 Å². The fourth-order valence-electron chi connectivity index (χ4n) is 8.89. The van der Waals surface area contributed by atoms with Gasteiger partial charge in [0.1, 0.15) is 0 Å². The van der Waals surface area contributed by atoms with Gasteiger partial charge in [0.2, 0.25) is 0 Å². The molecule has 2 N–H and O–H groups in total. The third-order valence-electron chi connectivity index (χ3n) is 10.4. The Kier molecular flexibility index (Phi) is 4.00. The minimum atomic E-state index is -4.16. The minimum absolute atomic E-state index is 0.0818. The highest BCUT2D eigenvalue weighted by molar-refractivity contribution is 7.83. The molecule has 3 saturated carbocycles. The summed E-state index contributed by atoms with van der Waals surface area (Å²) in [7, 11) is -4.16. The largest absolute Gasteiger partial charge is 0.389 e. The maximum atomic E-state index is 11.8. The van der Waals surface area contributed by atoms with Gasteiger partial charge in [0, 0.05) is 12.0 Å². The molecule has 4 aliphatic carbocycles. The first-order valence-corrected chi connectivity index (χ1v) is 13.2. The molecule has 1 saturated heterocycles. The van der Waals surface area contributed by atoms with E-state index in [2.05, 4.69) is 25.1 Å². The van der Waals surface area contributed by atoms with Crippen LogP contribution in [-0.2, 0) is 16.7 Å². The van der Waals surface area contributed by atoms with E-state index < -0.39 is 15.9 Å². The van der Waals surface area contributed by atoms with E-state index in [4.69, 9.17) is 0 Å². The van der Waals surface area contributed by atoms with Crippen LogP contribution >= 0.6 is 0 Å². The van der Waals surface area contributed by atoms with Gasteiger partial charge in [0.15, 0.2) is 0 Å². The van der Waals surface area contributed by atoms with Gasteiger partial charge in [-0.15, -0.1) is 0 Å². The second kappa shape index (κ2) is 6.09. The van der Waals surface area contributed by atoms with Gasteiger partial charge < -0.3 is 5.11 Å². The van der Waals surface area contributed by atoms with Gasteiger partial charge in [0.25, 0.3) is 0 Å². The van der Waals surface area contributed by atoms with Crippen molar-refractivity contribution in [3.63, 3.8) is 0 Å². The molecule has 1 unspecified atom stereocenters. The van der Waals surface area contributed by atoms with Crippen molar-refractivity contribution in [3.8, 4) is 0 Å². The van der Waals surface area contributed by atoms with Gasteiger partial charge in [-0.3, -0.25) is 4.55 Å². The summed E-state index contributed by atoms with van der Waals surface area (Å²) < 4.78 is 34.4. The third kappa shape index (κ3) is 2.31. The van der Waals surface area contributed by atoms with Crippen LogP contribution in [0.25, 0.3) is 0 Å². The Morgan fingerprint density at radius 2 is 1.83 bits per heavy atom. The van der Waals surface area contributed by atoms with Crippen LogP contribution in [0.1, 0.15) is 93.4 Å². The molecule has 1 heterocycles. The van der Waals surface area contributed by atoms with Gasteiger partial charge in [-0.05, 0) is 98.1 Å². The molecule has 0 aromatic heterocycles. The van der Waals surface area contributed by atoms with E-state index in [1.165, 1.54) is 34.7 Å².